The molecule has 0 aliphatic heterocycles. The van der Waals surface area contributed by atoms with Gasteiger partial charge in [0, 0.05) is 18.5 Å². The summed E-state index contributed by atoms with van der Waals surface area (Å²) in [5.41, 5.74) is 1.45. The quantitative estimate of drug-likeness (QED) is 0.658. The zero-order valence-corrected chi connectivity index (χ0v) is 10.5. The molecule has 1 nitrogen and oxygen atoms in total. The van der Waals surface area contributed by atoms with E-state index in [-0.39, 0.29) is 0 Å². The first-order chi connectivity index (χ1) is 7.90. The average Bonchev–Trinajstić information content (AvgIpc) is 3.13. The second kappa shape index (κ2) is 6.27. The first kappa shape index (κ1) is 11.9. The van der Waals surface area contributed by atoms with Gasteiger partial charge >= 0.3 is 0 Å². The van der Waals surface area contributed by atoms with E-state index < -0.39 is 0 Å². The van der Waals surface area contributed by atoms with Crippen molar-refractivity contribution in [2.45, 2.75) is 31.7 Å². The van der Waals surface area contributed by atoms with Crippen molar-refractivity contribution in [2.75, 3.05) is 19.0 Å². The summed E-state index contributed by atoms with van der Waals surface area (Å²) in [5.74, 6) is 0.766. The Balaban J connectivity index is 1.70. The van der Waals surface area contributed by atoms with Crippen LogP contribution >= 0.6 is 11.6 Å². The molecule has 0 heterocycles. The molecule has 0 radical (unpaired) electrons. The van der Waals surface area contributed by atoms with Gasteiger partial charge in [0.2, 0.25) is 0 Å². The van der Waals surface area contributed by atoms with E-state index in [1.54, 1.807) is 0 Å². The molecule has 1 fully saturated rings. The summed E-state index contributed by atoms with van der Waals surface area (Å²) in [4.78, 5) is 2.55. The Kier molecular flexibility index (Phi) is 4.68. The molecule has 16 heavy (non-hydrogen) atoms. The highest BCUT2D eigenvalue weighted by molar-refractivity contribution is 6.18. The lowest BCUT2D eigenvalue weighted by Crippen LogP contribution is -2.29. The molecule has 0 amide bonds. The molecule has 0 bridgehead atoms. The Morgan fingerprint density at radius 3 is 2.50 bits per heavy atom. The molecule has 0 aromatic heterocycles. The Morgan fingerprint density at radius 1 is 1.12 bits per heavy atom. The summed E-state index contributed by atoms with van der Waals surface area (Å²) in [6, 6.07) is 11.6. The van der Waals surface area contributed by atoms with Gasteiger partial charge in [-0.2, -0.15) is 0 Å². The van der Waals surface area contributed by atoms with Crippen LogP contribution in [0.3, 0.4) is 0 Å². The van der Waals surface area contributed by atoms with Crippen LogP contribution in [0, 0.1) is 0 Å². The molecule has 88 valence electrons. The Labute approximate surface area is 103 Å². The van der Waals surface area contributed by atoms with E-state index in [0.29, 0.717) is 0 Å². The molecule has 0 spiro atoms. The Bertz CT molecular complexity index is 295. The predicted octanol–water partition coefficient (Wildman–Crippen LogP) is 3.32. The SMILES string of the molecule is ClCCN(CCCc1ccccc1)C1CC1. The molecule has 0 unspecified atom stereocenters. The monoisotopic (exact) mass is 237 g/mol. The van der Waals surface area contributed by atoms with E-state index in [0.717, 1.165) is 18.5 Å². The van der Waals surface area contributed by atoms with E-state index >= 15 is 0 Å². The second-order valence-corrected chi connectivity index (χ2v) is 4.92. The molecule has 0 saturated heterocycles. The number of hydrogen-bond donors (Lipinski definition) is 0. The highest BCUT2D eigenvalue weighted by Crippen LogP contribution is 2.26. The van der Waals surface area contributed by atoms with Gasteiger partial charge in [0.05, 0.1) is 0 Å². The molecule has 1 aromatic carbocycles. The first-order valence-corrected chi connectivity index (χ1v) is 6.77. The first-order valence-electron chi connectivity index (χ1n) is 6.24. The lowest BCUT2D eigenvalue weighted by atomic mass is 10.1. The van der Waals surface area contributed by atoms with Crippen LogP contribution in [0.5, 0.6) is 0 Å². The van der Waals surface area contributed by atoms with E-state index in [9.17, 15) is 0 Å². The van der Waals surface area contributed by atoms with Crippen LogP contribution in [0.15, 0.2) is 30.3 Å². The zero-order valence-electron chi connectivity index (χ0n) is 9.74. The van der Waals surface area contributed by atoms with Crippen molar-refractivity contribution in [1.29, 1.82) is 0 Å². The number of halogens is 1. The number of alkyl halides is 1. The van der Waals surface area contributed by atoms with Crippen LogP contribution < -0.4 is 0 Å². The molecule has 2 rings (SSSR count). The normalized spacial score (nSPS) is 15.6. The number of nitrogens with zero attached hydrogens (tertiary/aromatic N) is 1. The highest BCUT2D eigenvalue weighted by atomic mass is 35.5. The second-order valence-electron chi connectivity index (χ2n) is 4.55. The van der Waals surface area contributed by atoms with Gasteiger partial charge in [-0.1, -0.05) is 30.3 Å². The van der Waals surface area contributed by atoms with Crippen LogP contribution in [-0.2, 0) is 6.42 Å². The van der Waals surface area contributed by atoms with Crippen LogP contribution in [0.2, 0.25) is 0 Å². The van der Waals surface area contributed by atoms with Gasteiger partial charge in [-0.3, -0.25) is 4.90 Å². The summed E-state index contributed by atoms with van der Waals surface area (Å²) in [5, 5.41) is 0. The minimum absolute atomic E-state index is 0.766. The lowest BCUT2D eigenvalue weighted by molar-refractivity contribution is 0.276. The maximum atomic E-state index is 5.82. The Morgan fingerprint density at radius 2 is 1.88 bits per heavy atom. The third kappa shape index (κ3) is 3.80. The highest BCUT2D eigenvalue weighted by Gasteiger charge is 2.27. The van der Waals surface area contributed by atoms with E-state index in [1.165, 1.54) is 37.8 Å². The fourth-order valence-corrected chi connectivity index (χ4v) is 2.37. The standard InChI is InChI=1S/C14H20ClN/c15-10-12-16(14-8-9-14)11-4-7-13-5-2-1-3-6-13/h1-3,5-6,14H,4,7-12H2. The van der Waals surface area contributed by atoms with Crippen molar-refractivity contribution in [1.82, 2.24) is 4.90 Å². The van der Waals surface area contributed by atoms with Gasteiger partial charge in [-0.25, -0.2) is 0 Å². The van der Waals surface area contributed by atoms with E-state index in [1.807, 2.05) is 0 Å². The zero-order chi connectivity index (χ0) is 11.2. The van der Waals surface area contributed by atoms with Gasteiger partial charge in [-0.15, -0.1) is 11.6 Å². The topological polar surface area (TPSA) is 3.24 Å². The molecule has 0 N–H and O–H groups in total. The fourth-order valence-electron chi connectivity index (χ4n) is 2.16. The summed E-state index contributed by atoms with van der Waals surface area (Å²) in [6.45, 7) is 2.26. The van der Waals surface area contributed by atoms with Crippen LogP contribution in [0.25, 0.3) is 0 Å². The van der Waals surface area contributed by atoms with Crippen molar-refractivity contribution < 1.29 is 0 Å². The van der Waals surface area contributed by atoms with Crippen LogP contribution in [-0.4, -0.2) is 29.9 Å². The molecular formula is C14H20ClN. The molecule has 0 atom stereocenters. The number of benzene rings is 1. The van der Waals surface area contributed by atoms with Gasteiger partial charge in [-0.05, 0) is 37.8 Å². The molecule has 2 heteroatoms. The third-order valence-electron chi connectivity index (χ3n) is 3.19. The van der Waals surface area contributed by atoms with E-state index in [4.69, 9.17) is 11.6 Å². The minimum Gasteiger partial charge on any atom is -0.299 e. The number of hydrogen-bond acceptors (Lipinski definition) is 1. The summed E-state index contributed by atoms with van der Waals surface area (Å²) < 4.78 is 0. The third-order valence-corrected chi connectivity index (χ3v) is 3.36. The van der Waals surface area contributed by atoms with Gasteiger partial charge < -0.3 is 0 Å². The van der Waals surface area contributed by atoms with Crippen molar-refractivity contribution in [3.63, 3.8) is 0 Å². The maximum absolute atomic E-state index is 5.82. The van der Waals surface area contributed by atoms with E-state index in [2.05, 4.69) is 35.2 Å². The van der Waals surface area contributed by atoms with Crippen LogP contribution in [0.1, 0.15) is 24.8 Å². The Hall–Kier alpha value is -0.530. The number of aryl methyl sites for hydroxylation is 1. The summed E-state index contributed by atoms with van der Waals surface area (Å²) >= 11 is 5.82. The molecule has 1 aliphatic carbocycles. The smallest absolute Gasteiger partial charge is 0.0351 e. The molecule has 1 saturated carbocycles. The van der Waals surface area contributed by atoms with Gasteiger partial charge in [0.25, 0.3) is 0 Å². The minimum atomic E-state index is 0.766. The van der Waals surface area contributed by atoms with Crippen molar-refractivity contribution in [3.8, 4) is 0 Å². The maximum Gasteiger partial charge on any atom is 0.0351 e. The summed E-state index contributed by atoms with van der Waals surface area (Å²) in [6.07, 6.45) is 5.19. The molecule has 1 aliphatic rings. The van der Waals surface area contributed by atoms with Gasteiger partial charge in [0.1, 0.15) is 0 Å². The predicted molar refractivity (Wildman–Crippen MR) is 70.1 cm³/mol. The molecular weight excluding hydrogens is 218 g/mol. The molecule has 1 aromatic rings. The lowest BCUT2D eigenvalue weighted by Gasteiger charge is -2.20. The largest absolute Gasteiger partial charge is 0.299 e. The van der Waals surface area contributed by atoms with Crippen molar-refractivity contribution in [3.05, 3.63) is 35.9 Å². The van der Waals surface area contributed by atoms with Crippen LogP contribution in [0.4, 0.5) is 0 Å². The number of rotatable bonds is 7. The van der Waals surface area contributed by atoms with Gasteiger partial charge in [0.15, 0.2) is 0 Å². The average molecular weight is 238 g/mol. The summed E-state index contributed by atoms with van der Waals surface area (Å²) in [7, 11) is 0. The van der Waals surface area contributed by atoms with Crippen molar-refractivity contribution in [2.24, 2.45) is 0 Å². The fraction of sp³-hybridized carbons (Fsp3) is 0.571. The van der Waals surface area contributed by atoms with Crippen molar-refractivity contribution >= 4 is 11.6 Å².